The van der Waals surface area contributed by atoms with E-state index in [4.69, 9.17) is 4.74 Å². The highest BCUT2D eigenvalue weighted by Crippen LogP contribution is 2.30. The van der Waals surface area contributed by atoms with Crippen molar-refractivity contribution >= 4 is 5.69 Å². The summed E-state index contributed by atoms with van der Waals surface area (Å²) in [5.41, 5.74) is 4.55. The van der Waals surface area contributed by atoms with Crippen molar-refractivity contribution in [2.75, 3.05) is 38.2 Å². The van der Waals surface area contributed by atoms with Gasteiger partial charge in [-0.3, -0.25) is 4.90 Å². The molecule has 4 rings (SSSR count). The molecule has 0 aliphatic carbocycles. The minimum atomic E-state index is -0.268. The Kier molecular flexibility index (Phi) is 5.12. The Morgan fingerprint density at radius 3 is 2.48 bits per heavy atom. The summed E-state index contributed by atoms with van der Waals surface area (Å²) in [6.07, 6.45) is 0. The van der Waals surface area contributed by atoms with Gasteiger partial charge in [0.25, 0.3) is 0 Å². The SMILES string of the molecule is COc1cc(F)ccc1N1CCN(Cc2ccc(-c3ccccc3)[nH]2)CC1. The van der Waals surface area contributed by atoms with Crippen molar-refractivity contribution in [1.82, 2.24) is 9.88 Å². The first kappa shape index (κ1) is 17.6. The van der Waals surface area contributed by atoms with Gasteiger partial charge in [-0.05, 0) is 29.8 Å². The van der Waals surface area contributed by atoms with Gasteiger partial charge in [0.1, 0.15) is 11.6 Å². The van der Waals surface area contributed by atoms with E-state index in [2.05, 4.69) is 51.2 Å². The summed E-state index contributed by atoms with van der Waals surface area (Å²) in [6, 6.07) is 19.4. The third-order valence-electron chi connectivity index (χ3n) is 5.08. The zero-order chi connectivity index (χ0) is 18.6. The lowest BCUT2D eigenvalue weighted by Gasteiger charge is -2.36. The van der Waals surface area contributed by atoms with Crippen molar-refractivity contribution in [2.24, 2.45) is 0 Å². The number of methoxy groups -OCH3 is 1. The van der Waals surface area contributed by atoms with Crippen LogP contribution in [0, 0.1) is 5.82 Å². The van der Waals surface area contributed by atoms with Crippen LogP contribution < -0.4 is 9.64 Å². The van der Waals surface area contributed by atoms with Gasteiger partial charge in [-0.1, -0.05) is 30.3 Å². The van der Waals surface area contributed by atoms with Gasteiger partial charge in [0, 0.05) is 50.2 Å². The Morgan fingerprint density at radius 1 is 0.963 bits per heavy atom. The molecule has 0 radical (unpaired) electrons. The number of nitrogens with zero attached hydrogens (tertiary/aromatic N) is 2. The molecule has 1 fully saturated rings. The third kappa shape index (κ3) is 3.98. The second-order valence-electron chi connectivity index (χ2n) is 6.84. The van der Waals surface area contributed by atoms with Crippen LogP contribution in [0.3, 0.4) is 0 Å². The number of benzene rings is 2. The third-order valence-corrected chi connectivity index (χ3v) is 5.08. The second kappa shape index (κ2) is 7.84. The van der Waals surface area contributed by atoms with Crippen LogP contribution >= 0.6 is 0 Å². The number of H-pyrrole nitrogens is 1. The maximum Gasteiger partial charge on any atom is 0.145 e. The van der Waals surface area contributed by atoms with E-state index in [0.29, 0.717) is 5.75 Å². The van der Waals surface area contributed by atoms with Crippen LogP contribution in [0.4, 0.5) is 10.1 Å². The monoisotopic (exact) mass is 365 g/mol. The van der Waals surface area contributed by atoms with Gasteiger partial charge >= 0.3 is 0 Å². The Morgan fingerprint density at radius 2 is 1.74 bits per heavy atom. The summed E-state index contributed by atoms with van der Waals surface area (Å²) in [4.78, 5) is 8.23. The summed E-state index contributed by atoms with van der Waals surface area (Å²) in [7, 11) is 1.59. The Hall–Kier alpha value is -2.79. The smallest absolute Gasteiger partial charge is 0.145 e. The number of rotatable bonds is 5. The average molecular weight is 365 g/mol. The lowest BCUT2D eigenvalue weighted by molar-refractivity contribution is 0.247. The standard InChI is InChI=1S/C22H24FN3O/c1-27-22-15-18(23)7-10-21(22)26-13-11-25(12-14-26)16-19-8-9-20(24-19)17-5-3-2-4-6-17/h2-10,15,24H,11-14,16H2,1H3. The number of piperazine rings is 1. The highest BCUT2D eigenvalue weighted by Gasteiger charge is 2.20. The molecule has 1 aliphatic rings. The van der Waals surface area contributed by atoms with E-state index >= 15 is 0 Å². The fraction of sp³-hybridized carbons (Fsp3) is 0.273. The van der Waals surface area contributed by atoms with Crippen molar-refractivity contribution in [2.45, 2.75) is 6.54 Å². The number of nitrogens with one attached hydrogen (secondary N) is 1. The van der Waals surface area contributed by atoms with Crippen LogP contribution in [0.2, 0.25) is 0 Å². The lowest BCUT2D eigenvalue weighted by Crippen LogP contribution is -2.46. The maximum atomic E-state index is 13.4. The van der Waals surface area contributed by atoms with Gasteiger partial charge in [0.15, 0.2) is 0 Å². The summed E-state index contributed by atoms with van der Waals surface area (Å²) >= 11 is 0. The molecule has 1 aliphatic heterocycles. The summed E-state index contributed by atoms with van der Waals surface area (Å²) in [6.45, 7) is 4.62. The molecule has 4 nitrogen and oxygen atoms in total. The number of aromatic nitrogens is 1. The zero-order valence-electron chi connectivity index (χ0n) is 15.5. The molecule has 0 amide bonds. The van der Waals surface area contributed by atoms with Crippen LogP contribution in [0.25, 0.3) is 11.3 Å². The number of anilines is 1. The number of hydrogen-bond donors (Lipinski definition) is 1. The van der Waals surface area contributed by atoms with E-state index in [1.807, 2.05) is 6.07 Å². The van der Waals surface area contributed by atoms with E-state index in [0.717, 1.165) is 44.1 Å². The number of hydrogen-bond acceptors (Lipinski definition) is 3. The number of aromatic amines is 1. The summed E-state index contributed by atoms with van der Waals surface area (Å²) in [5.74, 6) is 0.329. The topological polar surface area (TPSA) is 31.5 Å². The van der Waals surface area contributed by atoms with Crippen LogP contribution in [0.5, 0.6) is 5.75 Å². The zero-order valence-corrected chi connectivity index (χ0v) is 15.5. The van der Waals surface area contributed by atoms with E-state index in [1.54, 1.807) is 13.2 Å². The van der Waals surface area contributed by atoms with Crippen molar-refractivity contribution in [3.63, 3.8) is 0 Å². The summed E-state index contributed by atoms with van der Waals surface area (Å²) < 4.78 is 18.8. The predicted octanol–water partition coefficient (Wildman–Crippen LogP) is 4.15. The maximum absolute atomic E-state index is 13.4. The lowest BCUT2D eigenvalue weighted by atomic mass is 10.2. The molecule has 0 saturated carbocycles. The molecule has 1 N–H and O–H groups in total. The molecule has 5 heteroatoms. The first-order valence-corrected chi connectivity index (χ1v) is 9.27. The Balaban J connectivity index is 1.37. The van der Waals surface area contributed by atoms with E-state index in [9.17, 15) is 4.39 Å². The summed E-state index contributed by atoms with van der Waals surface area (Å²) in [5, 5.41) is 0. The molecule has 0 spiro atoms. The molecule has 0 atom stereocenters. The van der Waals surface area contributed by atoms with Gasteiger partial charge in [0.2, 0.25) is 0 Å². The van der Waals surface area contributed by atoms with Gasteiger partial charge in [-0.2, -0.15) is 0 Å². The van der Waals surface area contributed by atoms with Crippen molar-refractivity contribution in [1.29, 1.82) is 0 Å². The largest absolute Gasteiger partial charge is 0.494 e. The Bertz CT molecular complexity index is 886. The quantitative estimate of drug-likeness (QED) is 0.737. The fourth-order valence-electron chi connectivity index (χ4n) is 3.62. The predicted molar refractivity (Wildman–Crippen MR) is 107 cm³/mol. The molecular weight excluding hydrogens is 341 g/mol. The van der Waals surface area contributed by atoms with Gasteiger partial charge in [-0.15, -0.1) is 0 Å². The molecule has 1 aromatic heterocycles. The first-order valence-electron chi connectivity index (χ1n) is 9.27. The van der Waals surface area contributed by atoms with Gasteiger partial charge in [0.05, 0.1) is 12.8 Å². The van der Waals surface area contributed by atoms with Crippen molar-refractivity contribution < 1.29 is 9.13 Å². The number of halogens is 1. The van der Waals surface area contributed by atoms with Gasteiger partial charge < -0.3 is 14.6 Å². The average Bonchev–Trinajstić information content (AvgIpc) is 3.18. The fourth-order valence-corrected chi connectivity index (χ4v) is 3.62. The van der Waals surface area contributed by atoms with E-state index in [-0.39, 0.29) is 5.82 Å². The van der Waals surface area contributed by atoms with E-state index in [1.165, 1.54) is 23.4 Å². The second-order valence-corrected chi connectivity index (χ2v) is 6.84. The molecule has 0 bridgehead atoms. The Labute approximate surface area is 159 Å². The molecule has 2 heterocycles. The first-order chi connectivity index (χ1) is 13.2. The van der Waals surface area contributed by atoms with Crippen LogP contribution in [-0.2, 0) is 6.54 Å². The molecular formula is C22H24FN3O. The molecule has 0 unspecified atom stereocenters. The molecule has 1 saturated heterocycles. The minimum Gasteiger partial charge on any atom is -0.494 e. The van der Waals surface area contributed by atoms with Crippen molar-refractivity contribution in [3.8, 4) is 17.0 Å². The van der Waals surface area contributed by atoms with Crippen LogP contribution in [0.15, 0.2) is 60.7 Å². The minimum absolute atomic E-state index is 0.268. The van der Waals surface area contributed by atoms with Crippen molar-refractivity contribution in [3.05, 3.63) is 72.2 Å². The molecule has 2 aromatic carbocycles. The highest BCUT2D eigenvalue weighted by molar-refractivity contribution is 5.60. The molecule has 27 heavy (non-hydrogen) atoms. The normalized spacial score (nSPS) is 15.1. The van der Waals surface area contributed by atoms with Gasteiger partial charge in [-0.25, -0.2) is 4.39 Å². The molecule has 140 valence electrons. The van der Waals surface area contributed by atoms with Crippen LogP contribution in [-0.4, -0.2) is 43.2 Å². The number of ether oxygens (including phenoxy) is 1. The molecule has 3 aromatic rings. The van der Waals surface area contributed by atoms with Crippen LogP contribution in [0.1, 0.15) is 5.69 Å². The highest BCUT2D eigenvalue weighted by atomic mass is 19.1. The van der Waals surface area contributed by atoms with E-state index < -0.39 is 0 Å².